The average molecular weight is 522 g/mol. The lowest BCUT2D eigenvalue weighted by Gasteiger charge is -2.25. The molecule has 0 atom stereocenters. The Morgan fingerprint density at radius 3 is 2.43 bits per heavy atom. The number of aromatic nitrogens is 3. The van der Waals surface area contributed by atoms with Gasteiger partial charge in [-0.2, -0.15) is 0 Å². The summed E-state index contributed by atoms with van der Waals surface area (Å²) >= 11 is 8.39. The van der Waals surface area contributed by atoms with Crippen LogP contribution in [0.15, 0.2) is 70.6 Å². The molecule has 0 N–H and O–H groups in total. The number of nitrogens with zero attached hydrogens (tertiary/aromatic N) is 3. The first-order valence-corrected chi connectivity index (χ1v) is 14.2. The molecule has 2 aromatic carbocycles. The third kappa shape index (κ3) is 5.34. The van der Waals surface area contributed by atoms with Crippen LogP contribution in [0.4, 0.5) is 0 Å². The first-order chi connectivity index (χ1) is 17.1. The van der Waals surface area contributed by atoms with E-state index >= 15 is 0 Å². The van der Waals surface area contributed by atoms with Crippen LogP contribution in [0.3, 0.4) is 0 Å². The van der Waals surface area contributed by atoms with Crippen LogP contribution in [-0.4, -0.2) is 25.7 Å². The molecule has 35 heavy (non-hydrogen) atoms. The monoisotopic (exact) mass is 521 g/mol. The molecule has 4 aromatic rings. The van der Waals surface area contributed by atoms with Gasteiger partial charge >= 0.3 is 0 Å². The first kappa shape index (κ1) is 24.2. The van der Waals surface area contributed by atoms with Crippen molar-refractivity contribution in [2.45, 2.75) is 56.3 Å². The third-order valence-corrected chi connectivity index (χ3v) is 8.90. The molecule has 180 valence electrons. The van der Waals surface area contributed by atoms with E-state index in [1.54, 1.807) is 0 Å². The molecule has 5 nitrogen and oxygen atoms in total. The number of hydrogen-bond acceptors (Lipinski definition) is 6. The molecule has 1 aliphatic rings. The summed E-state index contributed by atoms with van der Waals surface area (Å²) < 4.78 is 5.13. The number of rotatable bonds is 8. The van der Waals surface area contributed by atoms with E-state index in [1.807, 2.05) is 57.7 Å². The number of aryl methyl sites for hydroxylation is 2. The predicted octanol–water partition coefficient (Wildman–Crippen LogP) is 6.71. The molecule has 0 bridgehead atoms. The normalized spacial score (nSPS) is 14.4. The van der Waals surface area contributed by atoms with Gasteiger partial charge in [0, 0.05) is 18.2 Å². The number of thiazole rings is 1. The van der Waals surface area contributed by atoms with Crippen molar-refractivity contribution >= 4 is 51.4 Å². The van der Waals surface area contributed by atoms with E-state index in [-0.39, 0.29) is 23.1 Å². The summed E-state index contributed by atoms with van der Waals surface area (Å²) in [5.74, 6) is 0.273. The third-order valence-electron chi connectivity index (χ3n) is 6.52. The Balaban J connectivity index is 1.52. The number of thioether (sulfide) groups is 1. The lowest BCUT2D eigenvalue weighted by atomic mass is 9.95. The minimum absolute atomic E-state index is 0.0221. The predicted molar refractivity (Wildman–Crippen MR) is 146 cm³/mol. The van der Waals surface area contributed by atoms with Crippen LogP contribution in [-0.2, 0) is 13.0 Å². The highest BCUT2D eigenvalue weighted by atomic mass is 32.2. The fourth-order valence-electron chi connectivity index (χ4n) is 4.67. The Labute approximate surface area is 217 Å². The maximum Gasteiger partial charge on any atom is 0.274 e. The number of benzene rings is 2. The number of Topliss-reactive ketones (excluding diaryl/α,β-unsaturated/α-hetero) is 1. The van der Waals surface area contributed by atoms with Crippen LogP contribution >= 0.6 is 35.3 Å². The Bertz CT molecular complexity index is 1440. The van der Waals surface area contributed by atoms with Gasteiger partial charge < -0.3 is 4.57 Å². The molecule has 1 fully saturated rings. The highest BCUT2D eigenvalue weighted by Gasteiger charge is 2.24. The van der Waals surface area contributed by atoms with Crippen molar-refractivity contribution < 1.29 is 4.79 Å². The quantitative estimate of drug-likeness (QED) is 0.112. The van der Waals surface area contributed by atoms with Crippen molar-refractivity contribution in [1.82, 2.24) is 14.1 Å². The van der Waals surface area contributed by atoms with Crippen molar-refractivity contribution in [2.24, 2.45) is 0 Å². The fourth-order valence-corrected chi connectivity index (χ4v) is 6.94. The van der Waals surface area contributed by atoms with Crippen molar-refractivity contribution in [3.63, 3.8) is 0 Å². The molecule has 8 heteroatoms. The lowest BCUT2D eigenvalue weighted by molar-refractivity contribution is 0.102. The molecule has 0 saturated heterocycles. The van der Waals surface area contributed by atoms with Crippen LogP contribution in [0.25, 0.3) is 10.3 Å². The van der Waals surface area contributed by atoms with Gasteiger partial charge in [0.05, 0.1) is 5.75 Å². The van der Waals surface area contributed by atoms with E-state index in [1.165, 1.54) is 35.1 Å². The maximum absolute atomic E-state index is 13.8. The molecule has 0 aliphatic heterocycles. The topological polar surface area (TPSA) is 56.9 Å². The van der Waals surface area contributed by atoms with Gasteiger partial charge in [-0.05, 0) is 37.0 Å². The molecule has 0 unspecified atom stereocenters. The maximum atomic E-state index is 13.8. The molecule has 0 radical (unpaired) electrons. The summed E-state index contributed by atoms with van der Waals surface area (Å²) in [5.41, 5.74) is 2.51. The summed E-state index contributed by atoms with van der Waals surface area (Å²) in [6.07, 6.45) is 6.15. The summed E-state index contributed by atoms with van der Waals surface area (Å²) in [7, 11) is 0. The van der Waals surface area contributed by atoms with Crippen molar-refractivity contribution in [3.05, 3.63) is 86.1 Å². The number of fused-ring (bicyclic) bond motifs is 1. The van der Waals surface area contributed by atoms with E-state index in [0.29, 0.717) is 31.6 Å². The molecule has 2 aromatic heterocycles. The number of ketones is 1. The fraction of sp³-hybridized carbons (Fsp3) is 0.333. The van der Waals surface area contributed by atoms with Crippen LogP contribution in [0.1, 0.15) is 54.1 Å². The second kappa shape index (κ2) is 11.0. The molecule has 0 amide bonds. The van der Waals surface area contributed by atoms with E-state index in [2.05, 4.69) is 12.1 Å². The highest BCUT2D eigenvalue weighted by molar-refractivity contribution is 7.99. The molecular formula is C27H27N3O2S3. The zero-order valence-electron chi connectivity index (χ0n) is 19.4. The lowest BCUT2D eigenvalue weighted by Crippen LogP contribution is -2.29. The number of carbonyl (C=O) groups is 1. The Morgan fingerprint density at radius 1 is 1.03 bits per heavy atom. The van der Waals surface area contributed by atoms with Gasteiger partial charge in [0.25, 0.3) is 5.56 Å². The van der Waals surface area contributed by atoms with Crippen molar-refractivity contribution in [3.8, 4) is 0 Å². The van der Waals surface area contributed by atoms with Crippen molar-refractivity contribution in [2.75, 3.05) is 5.75 Å². The Kier molecular flexibility index (Phi) is 7.60. The zero-order valence-corrected chi connectivity index (χ0v) is 21.8. The smallest absolute Gasteiger partial charge is 0.274 e. The van der Waals surface area contributed by atoms with E-state index in [9.17, 15) is 9.59 Å². The first-order valence-electron chi connectivity index (χ1n) is 12.0. The van der Waals surface area contributed by atoms with Gasteiger partial charge in [-0.15, -0.1) is 0 Å². The molecule has 1 saturated carbocycles. The van der Waals surface area contributed by atoms with Gasteiger partial charge in [-0.1, -0.05) is 103 Å². The number of carbonyl (C=O) groups excluding carboxylic acids is 1. The van der Waals surface area contributed by atoms with Crippen LogP contribution < -0.4 is 5.56 Å². The minimum Gasteiger partial charge on any atom is -0.307 e. The van der Waals surface area contributed by atoms with Gasteiger partial charge in [0.2, 0.25) is 0 Å². The van der Waals surface area contributed by atoms with E-state index < -0.39 is 0 Å². The SMILES string of the molecule is O=C(CSc1nc2c(sc(=S)n2CCc2ccccc2)c(=O)n1C1CCCCC1)c1ccccc1. The molecular weight excluding hydrogens is 495 g/mol. The van der Waals surface area contributed by atoms with Gasteiger partial charge in [0.15, 0.2) is 20.5 Å². The van der Waals surface area contributed by atoms with Gasteiger partial charge in [-0.3, -0.25) is 14.2 Å². The van der Waals surface area contributed by atoms with Crippen LogP contribution in [0.2, 0.25) is 0 Å². The van der Waals surface area contributed by atoms with Gasteiger partial charge in [0.1, 0.15) is 4.70 Å². The standard InChI is InChI=1S/C27H27N3O2S3/c31-22(20-12-6-2-7-13-20)18-34-26-28-24-23(25(32)30(26)21-14-8-3-9-15-21)35-27(33)29(24)17-16-19-10-4-1-5-11-19/h1-2,4-7,10-13,21H,3,8-9,14-18H2. The van der Waals surface area contributed by atoms with Gasteiger partial charge in [-0.25, -0.2) is 4.98 Å². The molecule has 5 rings (SSSR count). The highest BCUT2D eigenvalue weighted by Crippen LogP contribution is 2.32. The molecule has 2 heterocycles. The second-order valence-corrected chi connectivity index (χ2v) is 11.4. The summed E-state index contributed by atoms with van der Waals surface area (Å²) in [5, 5.41) is 0.625. The minimum atomic E-state index is -0.0221. The molecule has 1 aliphatic carbocycles. The average Bonchev–Trinajstić information content (AvgIpc) is 3.22. The largest absolute Gasteiger partial charge is 0.307 e. The summed E-state index contributed by atoms with van der Waals surface area (Å²) in [6.45, 7) is 0.662. The Hall–Kier alpha value is -2.55. The van der Waals surface area contributed by atoms with Crippen LogP contribution in [0, 0.1) is 3.95 Å². The number of hydrogen-bond donors (Lipinski definition) is 0. The zero-order chi connectivity index (χ0) is 24.2. The summed E-state index contributed by atoms with van der Waals surface area (Å²) in [6, 6.07) is 19.7. The second-order valence-electron chi connectivity index (χ2n) is 8.85. The summed E-state index contributed by atoms with van der Waals surface area (Å²) in [4.78, 5) is 31.6. The molecule has 0 spiro atoms. The van der Waals surface area contributed by atoms with E-state index in [4.69, 9.17) is 17.2 Å². The Morgan fingerprint density at radius 2 is 1.71 bits per heavy atom. The van der Waals surface area contributed by atoms with E-state index in [0.717, 1.165) is 32.1 Å². The van der Waals surface area contributed by atoms with Crippen LogP contribution in [0.5, 0.6) is 0 Å². The van der Waals surface area contributed by atoms with Crippen molar-refractivity contribution in [1.29, 1.82) is 0 Å².